The summed E-state index contributed by atoms with van der Waals surface area (Å²) in [6, 6.07) is 8.55. The molecule has 1 fully saturated rings. The van der Waals surface area contributed by atoms with Crippen LogP contribution in [0.15, 0.2) is 24.3 Å². The third-order valence-electron chi connectivity index (χ3n) is 4.83. The standard InChI is InChI=1S/C19H29NO2/c1-14(2)18(17-8-6-15(3)7-9-17)11-19(22)20-10-4-5-16(12-20)13-21/h6-9,14,16,18,21H,4-5,10-13H2,1-3H3. The van der Waals surface area contributed by atoms with Crippen LogP contribution in [0.1, 0.15) is 50.2 Å². The zero-order chi connectivity index (χ0) is 16.1. The Morgan fingerprint density at radius 1 is 1.32 bits per heavy atom. The average molecular weight is 303 g/mol. The van der Waals surface area contributed by atoms with Gasteiger partial charge in [-0.05, 0) is 43.1 Å². The maximum absolute atomic E-state index is 12.7. The van der Waals surface area contributed by atoms with Crippen molar-refractivity contribution >= 4 is 5.91 Å². The highest BCUT2D eigenvalue weighted by Gasteiger charge is 2.26. The number of carbonyl (C=O) groups excluding carboxylic acids is 1. The number of carbonyl (C=O) groups is 1. The molecule has 2 atom stereocenters. The summed E-state index contributed by atoms with van der Waals surface area (Å²) in [5.74, 6) is 1.19. The SMILES string of the molecule is Cc1ccc(C(CC(=O)N2CCCC(CO)C2)C(C)C)cc1. The molecular formula is C19H29NO2. The van der Waals surface area contributed by atoms with Gasteiger partial charge in [0.25, 0.3) is 0 Å². The number of hydrogen-bond acceptors (Lipinski definition) is 2. The zero-order valence-electron chi connectivity index (χ0n) is 14.1. The molecule has 1 aromatic rings. The van der Waals surface area contributed by atoms with E-state index in [1.807, 2.05) is 4.90 Å². The van der Waals surface area contributed by atoms with Crippen LogP contribution in [0.4, 0.5) is 0 Å². The van der Waals surface area contributed by atoms with Gasteiger partial charge in [0.1, 0.15) is 0 Å². The minimum Gasteiger partial charge on any atom is -0.396 e. The summed E-state index contributed by atoms with van der Waals surface area (Å²) in [5, 5.41) is 9.33. The van der Waals surface area contributed by atoms with Crippen molar-refractivity contribution < 1.29 is 9.90 Å². The Balaban J connectivity index is 2.04. The first-order valence-corrected chi connectivity index (χ1v) is 8.46. The Bertz CT molecular complexity index is 481. The Morgan fingerprint density at radius 2 is 2.00 bits per heavy atom. The summed E-state index contributed by atoms with van der Waals surface area (Å²) in [4.78, 5) is 14.6. The smallest absolute Gasteiger partial charge is 0.223 e. The van der Waals surface area contributed by atoms with E-state index in [9.17, 15) is 9.90 Å². The van der Waals surface area contributed by atoms with E-state index < -0.39 is 0 Å². The number of nitrogens with zero attached hydrogens (tertiary/aromatic N) is 1. The Hall–Kier alpha value is -1.35. The fraction of sp³-hybridized carbons (Fsp3) is 0.632. The van der Waals surface area contributed by atoms with Crippen LogP contribution in [0.3, 0.4) is 0 Å². The van der Waals surface area contributed by atoms with Crippen LogP contribution < -0.4 is 0 Å². The molecule has 1 aromatic carbocycles. The molecule has 1 aliphatic heterocycles. The van der Waals surface area contributed by atoms with Gasteiger partial charge in [0.15, 0.2) is 0 Å². The number of aliphatic hydroxyl groups excluding tert-OH is 1. The number of amides is 1. The van der Waals surface area contributed by atoms with E-state index in [1.54, 1.807) is 0 Å². The van der Waals surface area contributed by atoms with Crippen LogP contribution in [-0.2, 0) is 4.79 Å². The van der Waals surface area contributed by atoms with Crippen molar-refractivity contribution in [3.05, 3.63) is 35.4 Å². The van der Waals surface area contributed by atoms with E-state index in [1.165, 1.54) is 11.1 Å². The first-order valence-electron chi connectivity index (χ1n) is 8.46. The lowest BCUT2D eigenvalue weighted by molar-refractivity contribution is -0.134. The monoisotopic (exact) mass is 303 g/mol. The van der Waals surface area contributed by atoms with E-state index in [2.05, 4.69) is 45.0 Å². The van der Waals surface area contributed by atoms with Gasteiger partial charge in [-0.3, -0.25) is 4.79 Å². The van der Waals surface area contributed by atoms with Crippen molar-refractivity contribution in [2.75, 3.05) is 19.7 Å². The van der Waals surface area contributed by atoms with Crippen molar-refractivity contribution in [3.8, 4) is 0 Å². The molecule has 122 valence electrons. The summed E-state index contributed by atoms with van der Waals surface area (Å²) in [6.45, 7) is 8.20. The molecule has 0 bridgehead atoms. The number of aryl methyl sites for hydroxylation is 1. The third kappa shape index (κ3) is 4.33. The molecule has 0 spiro atoms. The second-order valence-corrected chi connectivity index (χ2v) is 7.00. The first kappa shape index (κ1) is 17.0. The van der Waals surface area contributed by atoms with Gasteiger partial charge < -0.3 is 10.0 Å². The van der Waals surface area contributed by atoms with Gasteiger partial charge in [0.2, 0.25) is 5.91 Å². The molecule has 0 aromatic heterocycles. The maximum Gasteiger partial charge on any atom is 0.223 e. The van der Waals surface area contributed by atoms with Crippen molar-refractivity contribution in [2.24, 2.45) is 11.8 Å². The highest BCUT2D eigenvalue weighted by molar-refractivity contribution is 5.77. The topological polar surface area (TPSA) is 40.5 Å². The van der Waals surface area contributed by atoms with Gasteiger partial charge in [-0.2, -0.15) is 0 Å². The summed E-state index contributed by atoms with van der Waals surface area (Å²) < 4.78 is 0. The lowest BCUT2D eigenvalue weighted by Crippen LogP contribution is -2.41. The molecule has 1 heterocycles. The predicted octanol–water partition coefficient (Wildman–Crippen LogP) is 3.36. The van der Waals surface area contributed by atoms with E-state index in [0.29, 0.717) is 18.9 Å². The lowest BCUT2D eigenvalue weighted by atomic mass is 9.84. The molecule has 22 heavy (non-hydrogen) atoms. The van der Waals surface area contributed by atoms with Crippen molar-refractivity contribution in [2.45, 2.75) is 46.0 Å². The Kier molecular flexibility index (Phi) is 6.01. The van der Waals surface area contributed by atoms with Gasteiger partial charge in [0, 0.05) is 26.1 Å². The van der Waals surface area contributed by atoms with Crippen LogP contribution in [0, 0.1) is 18.8 Å². The average Bonchev–Trinajstić information content (AvgIpc) is 2.53. The van der Waals surface area contributed by atoms with Gasteiger partial charge in [-0.25, -0.2) is 0 Å². The minimum atomic E-state index is 0.190. The van der Waals surface area contributed by atoms with Crippen molar-refractivity contribution in [1.29, 1.82) is 0 Å². The van der Waals surface area contributed by atoms with E-state index >= 15 is 0 Å². The molecule has 0 radical (unpaired) electrons. The Morgan fingerprint density at radius 3 is 2.59 bits per heavy atom. The number of hydrogen-bond donors (Lipinski definition) is 1. The van der Waals surface area contributed by atoms with Crippen molar-refractivity contribution in [1.82, 2.24) is 4.90 Å². The van der Waals surface area contributed by atoms with Crippen LogP contribution in [0.2, 0.25) is 0 Å². The molecule has 1 amide bonds. The number of benzene rings is 1. The molecule has 0 aliphatic carbocycles. The second-order valence-electron chi connectivity index (χ2n) is 7.00. The van der Waals surface area contributed by atoms with Crippen LogP contribution in [-0.4, -0.2) is 35.6 Å². The quantitative estimate of drug-likeness (QED) is 0.906. The summed E-state index contributed by atoms with van der Waals surface area (Å²) >= 11 is 0. The number of aliphatic hydroxyl groups is 1. The number of likely N-dealkylation sites (tertiary alicyclic amines) is 1. The molecule has 2 rings (SSSR count). The molecule has 0 saturated carbocycles. The fourth-order valence-electron chi connectivity index (χ4n) is 3.31. The van der Waals surface area contributed by atoms with Crippen LogP contribution >= 0.6 is 0 Å². The first-order chi connectivity index (χ1) is 10.5. The van der Waals surface area contributed by atoms with Gasteiger partial charge in [-0.1, -0.05) is 43.7 Å². The molecular weight excluding hydrogens is 274 g/mol. The van der Waals surface area contributed by atoms with Gasteiger partial charge in [0.05, 0.1) is 0 Å². The molecule has 1 saturated heterocycles. The minimum absolute atomic E-state index is 0.190. The summed E-state index contributed by atoms with van der Waals surface area (Å²) in [6.07, 6.45) is 2.61. The second kappa shape index (κ2) is 7.77. The predicted molar refractivity (Wildman–Crippen MR) is 89.8 cm³/mol. The highest BCUT2D eigenvalue weighted by atomic mass is 16.3. The zero-order valence-corrected chi connectivity index (χ0v) is 14.1. The van der Waals surface area contributed by atoms with E-state index in [-0.39, 0.29) is 24.3 Å². The summed E-state index contributed by atoms with van der Waals surface area (Å²) in [5.41, 5.74) is 2.50. The lowest BCUT2D eigenvalue weighted by Gasteiger charge is -2.33. The van der Waals surface area contributed by atoms with E-state index in [4.69, 9.17) is 0 Å². The molecule has 1 aliphatic rings. The Labute approximate surface area is 134 Å². The number of piperidine rings is 1. The molecule has 3 heteroatoms. The van der Waals surface area contributed by atoms with E-state index in [0.717, 1.165) is 19.4 Å². The van der Waals surface area contributed by atoms with Crippen LogP contribution in [0.25, 0.3) is 0 Å². The molecule has 3 nitrogen and oxygen atoms in total. The maximum atomic E-state index is 12.7. The third-order valence-corrected chi connectivity index (χ3v) is 4.83. The van der Waals surface area contributed by atoms with Gasteiger partial charge in [-0.15, -0.1) is 0 Å². The molecule has 2 unspecified atom stereocenters. The molecule has 1 N–H and O–H groups in total. The summed E-state index contributed by atoms with van der Waals surface area (Å²) in [7, 11) is 0. The number of rotatable bonds is 5. The largest absolute Gasteiger partial charge is 0.396 e. The normalized spacial score (nSPS) is 20.2. The fourth-order valence-corrected chi connectivity index (χ4v) is 3.31. The van der Waals surface area contributed by atoms with Gasteiger partial charge >= 0.3 is 0 Å². The van der Waals surface area contributed by atoms with Crippen molar-refractivity contribution in [3.63, 3.8) is 0 Å². The highest BCUT2D eigenvalue weighted by Crippen LogP contribution is 2.29. The van der Waals surface area contributed by atoms with Crippen LogP contribution in [0.5, 0.6) is 0 Å².